The van der Waals surface area contributed by atoms with E-state index in [0.29, 0.717) is 5.56 Å². The van der Waals surface area contributed by atoms with Gasteiger partial charge < -0.3 is 10.3 Å². The van der Waals surface area contributed by atoms with Crippen molar-refractivity contribution >= 4 is 23.2 Å². The van der Waals surface area contributed by atoms with Crippen molar-refractivity contribution in [2.24, 2.45) is 0 Å². The van der Waals surface area contributed by atoms with E-state index >= 15 is 0 Å². The Balaban J connectivity index is 2.71. The van der Waals surface area contributed by atoms with Gasteiger partial charge in [0.2, 0.25) is 5.78 Å². The Hall–Kier alpha value is -3.03. The van der Waals surface area contributed by atoms with Gasteiger partial charge in [0, 0.05) is 5.56 Å². The van der Waals surface area contributed by atoms with Gasteiger partial charge in [-0.05, 0) is 25.0 Å². The smallest absolute Gasteiger partial charge is 0.441 e. The zero-order chi connectivity index (χ0) is 15.7. The normalized spacial score (nSPS) is 8.81. The molecule has 21 heavy (non-hydrogen) atoms. The summed E-state index contributed by atoms with van der Waals surface area (Å²) in [5.74, 6) is 2.17. The zero-order valence-corrected chi connectivity index (χ0v) is 11.3. The summed E-state index contributed by atoms with van der Waals surface area (Å²) in [5, 5.41) is 0. The quantitative estimate of drug-likeness (QED) is 0.199. The second kappa shape index (κ2) is 8.20. The van der Waals surface area contributed by atoms with E-state index in [9.17, 15) is 14.4 Å². The minimum absolute atomic E-state index is 0.0207. The molecule has 0 spiro atoms. The molecule has 0 aliphatic heterocycles. The highest BCUT2D eigenvalue weighted by Gasteiger charge is 2.31. The number of carbonyl (C=O) groups is 3. The third kappa shape index (κ3) is 5.23. The minimum atomic E-state index is -1.08. The summed E-state index contributed by atoms with van der Waals surface area (Å²) < 4.78 is 4.53. The lowest BCUT2D eigenvalue weighted by atomic mass is 10.1. The molecule has 0 heterocycles. The fourth-order valence-electron chi connectivity index (χ4n) is 1.35. The second-order valence-corrected chi connectivity index (χ2v) is 3.81. The molecular weight excluding hydrogens is 272 g/mol. The van der Waals surface area contributed by atoms with Crippen molar-refractivity contribution in [2.75, 3.05) is 6.61 Å². The molecule has 6 heteroatoms. The van der Waals surface area contributed by atoms with E-state index < -0.39 is 29.7 Å². The van der Waals surface area contributed by atoms with Gasteiger partial charge in [-0.15, -0.1) is 0 Å². The monoisotopic (exact) mass is 284 g/mol. The number of nitrogens with zero attached hydrogens (tertiary/aromatic N) is 2. The molecule has 0 N–H and O–H groups in total. The molecule has 0 aliphatic rings. The number of esters is 1. The lowest BCUT2D eigenvalue weighted by molar-refractivity contribution is -0.141. The van der Waals surface area contributed by atoms with E-state index in [1.165, 1.54) is 6.92 Å². The first-order chi connectivity index (χ1) is 10.1. The van der Waals surface area contributed by atoms with Crippen LogP contribution >= 0.6 is 0 Å². The van der Waals surface area contributed by atoms with Gasteiger partial charge in [-0.2, -0.15) is 4.79 Å². The van der Waals surface area contributed by atoms with E-state index in [2.05, 4.69) is 21.4 Å². The van der Waals surface area contributed by atoms with E-state index in [4.69, 9.17) is 5.53 Å². The van der Waals surface area contributed by atoms with Crippen LogP contribution in [0.4, 0.5) is 0 Å². The molecule has 0 amide bonds. The highest BCUT2D eigenvalue weighted by atomic mass is 16.5. The summed E-state index contributed by atoms with van der Waals surface area (Å²) in [6.07, 6.45) is -0.655. The third-order valence-electron chi connectivity index (χ3n) is 2.27. The molecule has 1 aromatic rings. The first-order valence-corrected chi connectivity index (χ1v) is 6.10. The van der Waals surface area contributed by atoms with E-state index in [0.717, 1.165) is 0 Å². The summed E-state index contributed by atoms with van der Waals surface area (Å²) in [4.78, 5) is 37.0. The molecule has 0 aromatic heterocycles. The maximum Gasteiger partial charge on any atom is 0.441 e. The number of rotatable bonds is 5. The molecule has 106 valence electrons. The second-order valence-electron chi connectivity index (χ2n) is 3.81. The lowest BCUT2D eigenvalue weighted by Crippen LogP contribution is -2.28. The average Bonchev–Trinajstić information content (AvgIpc) is 2.47. The molecule has 0 radical (unpaired) electrons. The molecular formula is C15H12N2O4. The first-order valence-electron chi connectivity index (χ1n) is 6.10. The van der Waals surface area contributed by atoms with Gasteiger partial charge in [-0.3, -0.25) is 9.59 Å². The predicted molar refractivity (Wildman–Crippen MR) is 73.2 cm³/mol. The average molecular weight is 284 g/mol. The maximum atomic E-state index is 11.6. The van der Waals surface area contributed by atoms with Crippen LogP contribution in [0.5, 0.6) is 0 Å². The Morgan fingerprint density at radius 2 is 1.90 bits per heavy atom. The third-order valence-corrected chi connectivity index (χ3v) is 2.27. The van der Waals surface area contributed by atoms with Gasteiger partial charge in [0.1, 0.15) is 0 Å². The van der Waals surface area contributed by atoms with Crippen molar-refractivity contribution in [3.8, 4) is 11.8 Å². The van der Waals surface area contributed by atoms with Crippen molar-refractivity contribution in [3.63, 3.8) is 0 Å². The number of ketones is 2. The van der Waals surface area contributed by atoms with Crippen LogP contribution in [0.3, 0.4) is 0 Å². The van der Waals surface area contributed by atoms with Gasteiger partial charge >= 0.3 is 11.7 Å². The number of hydrogen-bond donors (Lipinski definition) is 0. The van der Waals surface area contributed by atoms with E-state index in [1.54, 1.807) is 30.3 Å². The molecule has 1 aromatic carbocycles. The SMILES string of the molecule is CCOC(=O)C(=[N+]=[N-])C(=O)CC(=O)C#Cc1ccccc1. The van der Waals surface area contributed by atoms with Crippen molar-refractivity contribution in [3.05, 3.63) is 41.4 Å². The van der Waals surface area contributed by atoms with Gasteiger partial charge in [0.25, 0.3) is 5.78 Å². The Labute approximate surface area is 121 Å². The van der Waals surface area contributed by atoms with Crippen molar-refractivity contribution < 1.29 is 23.9 Å². The largest absolute Gasteiger partial charge is 0.457 e. The number of Topliss-reactive ketones (excluding diaryl/α,β-unsaturated/α-hetero) is 2. The van der Waals surface area contributed by atoms with Gasteiger partial charge in [0.05, 0.1) is 13.0 Å². The highest BCUT2D eigenvalue weighted by Crippen LogP contribution is 1.96. The van der Waals surface area contributed by atoms with Crippen LogP contribution in [0, 0.1) is 11.8 Å². The number of ether oxygens (including phenoxy) is 1. The topological polar surface area (TPSA) is 96.8 Å². The zero-order valence-electron chi connectivity index (χ0n) is 11.3. The Morgan fingerprint density at radius 3 is 2.48 bits per heavy atom. The Morgan fingerprint density at radius 1 is 1.24 bits per heavy atom. The highest BCUT2D eigenvalue weighted by molar-refractivity contribution is 6.63. The molecule has 0 aliphatic carbocycles. The Kier molecular flexibility index (Phi) is 6.26. The van der Waals surface area contributed by atoms with Crippen LogP contribution in [0.2, 0.25) is 0 Å². The summed E-state index contributed by atoms with van der Waals surface area (Å²) >= 11 is 0. The predicted octanol–water partition coefficient (Wildman–Crippen LogP) is 0.800. The molecule has 0 bridgehead atoms. The molecule has 0 unspecified atom stereocenters. The van der Waals surface area contributed by atoms with Gasteiger partial charge in [-0.25, -0.2) is 4.79 Å². The summed E-state index contributed by atoms with van der Waals surface area (Å²) in [5.41, 5.74) is 8.44. The standard InChI is InChI=1S/C15H12N2O4/c1-2-21-15(20)14(17-16)13(19)10-12(18)9-8-11-6-4-3-5-7-11/h3-7H,2,10H2,1H3. The molecule has 0 saturated carbocycles. The van der Waals surface area contributed by atoms with Crippen LogP contribution in [0.15, 0.2) is 30.3 Å². The van der Waals surface area contributed by atoms with Crippen LogP contribution in [-0.4, -0.2) is 34.6 Å². The van der Waals surface area contributed by atoms with Gasteiger partial charge in [-0.1, -0.05) is 24.1 Å². The number of benzene rings is 1. The van der Waals surface area contributed by atoms with Crippen LogP contribution in [0.1, 0.15) is 18.9 Å². The molecule has 0 saturated heterocycles. The van der Waals surface area contributed by atoms with Crippen LogP contribution < -0.4 is 0 Å². The Bertz CT molecular complexity index is 662. The summed E-state index contributed by atoms with van der Waals surface area (Å²) in [6.45, 7) is 1.56. The minimum Gasteiger partial charge on any atom is -0.457 e. The fourth-order valence-corrected chi connectivity index (χ4v) is 1.35. The summed E-state index contributed by atoms with van der Waals surface area (Å²) in [7, 11) is 0. The maximum absolute atomic E-state index is 11.6. The van der Waals surface area contributed by atoms with Crippen molar-refractivity contribution in [1.82, 2.24) is 0 Å². The van der Waals surface area contributed by atoms with Gasteiger partial charge in [0.15, 0.2) is 0 Å². The molecule has 0 atom stereocenters. The summed E-state index contributed by atoms with van der Waals surface area (Å²) in [6, 6.07) is 8.75. The molecule has 6 nitrogen and oxygen atoms in total. The first kappa shape index (κ1) is 16.0. The number of carbonyl (C=O) groups excluding carboxylic acids is 3. The van der Waals surface area contributed by atoms with Crippen molar-refractivity contribution in [2.45, 2.75) is 13.3 Å². The molecule has 1 rings (SSSR count). The fraction of sp³-hybridized carbons (Fsp3) is 0.200. The van der Waals surface area contributed by atoms with Crippen LogP contribution in [0.25, 0.3) is 5.53 Å². The van der Waals surface area contributed by atoms with Crippen molar-refractivity contribution in [1.29, 1.82) is 0 Å². The number of hydrogen-bond acceptors (Lipinski definition) is 4. The molecule has 0 fully saturated rings. The van der Waals surface area contributed by atoms with E-state index in [1.807, 2.05) is 0 Å². The lowest BCUT2D eigenvalue weighted by Gasteiger charge is -1.95. The van der Waals surface area contributed by atoms with E-state index in [-0.39, 0.29) is 6.61 Å². The van der Waals surface area contributed by atoms with Crippen LogP contribution in [-0.2, 0) is 19.1 Å².